The van der Waals surface area contributed by atoms with Crippen LogP contribution in [-0.4, -0.2) is 24.3 Å². The maximum Gasteiger partial charge on any atom is 0.289 e. The molecule has 4 nitrogen and oxygen atoms in total. The standard InChI is InChI=1S/C4H6N2O2/c1-5-3-6-4(8)2-7/h7H,2-3H2,(H,6,8). The second-order valence-electron chi connectivity index (χ2n) is 1.07. The molecule has 0 aliphatic carbocycles. The summed E-state index contributed by atoms with van der Waals surface area (Å²) in [5, 5.41) is 10.2. The monoisotopic (exact) mass is 114 g/mol. The number of hydrogen-bond acceptors (Lipinski definition) is 2. The lowest BCUT2D eigenvalue weighted by Gasteiger charge is -1.89. The highest BCUT2D eigenvalue weighted by Gasteiger charge is 1.94. The number of aliphatic hydroxyl groups is 1. The highest BCUT2D eigenvalue weighted by molar-refractivity contribution is 5.76. The first-order valence-electron chi connectivity index (χ1n) is 2.02. The Bertz CT molecular complexity index is 116. The van der Waals surface area contributed by atoms with E-state index in [2.05, 4.69) is 10.2 Å². The van der Waals surface area contributed by atoms with Crippen molar-refractivity contribution >= 4 is 5.91 Å². The number of aliphatic hydroxyl groups excluding tert-OH is 1. The Morgan fingerprint density at radius 1 is 1.88 bits per heavy atom. The maximum absolute atomic E-state index is 10.1. The predicted molar refractivity (Wildman–Crippen MR) is 26.7 cm³/mol. The van der Waals surface area contributed by atoms with E-state index in [0.29, 0.717) is 0 Å². The highest BCUT2D eigenvalue weighted by Crippen LogP contribution is 1.61. The molecule has 1 amide bonds. The predicted octanol–water partition coefficient (Wildman–Crippen LogP) is -1.03. The molecule has 0 aliphatic heterocycles. The average Bonchev–Trinajstić information content (AvgIpc) is 1.83. The van der Waals surface area contributed by atoms with Crippen LogP contribution in [-0.2, 0) is 4.79 Å². The molecule has 0 aromatic heterocycles. The van der Waals surface area contributed by atoms with Crippen molar-refractivity contribution in [3.05, 3.63) is 11.4 Å². The van der Waals surface area contributed by atoms with Crippen LogP contribution < -0.4 is 5.32 Å². The molecule has 0 aromatic rings. The smallest absolute Gasteiger partial charge is 0.289 e. The summed E-state index contributed by atoms with van der Waals surface area (Å²) in [6, 6.07) is 0. The molecule has 0 heterocycles. The van der Waals surface area contributed by atoms with Gasteiger partial charge < -0.3 is 5.11 Å². The van der Waals surface area contributed by atoms with Crippen molar-refractivity contribution in [1.29, 1.82) is 0 Å². The van der Waals surface area contributed by atoms with Gasteiger partial charge in [-0.2, -0.15) is 0 Å². The van der Waals surface area contributed by atoms with Crippen molar-refractivity contribution in [3.8, 4) is 0 Å². The van der Waals surface area contributed by atoms with E-state index in [1.54, 1.807) is 0 Å². The zero-order chi connectivity index (χ0) is 6.41. The number of amides is 1. The minimum atomic E-state index is -0.546. The van der Waals surface area contributed by atoms with Crippen LogP contribution in [0, 0.1) is 6.57 Å². The van der Waals surface area contributed by atoms with Crippen LogP contribution in [0.1, 0.15) is 0 Å². The van der Waals surface area contributed by atoms with Crippen molar-refractivity contribution in [2.75, 3.05) is 13.3 Å². The summed E-state index contributed by atoms with van der Waals surface area (Å²) in [6.45, 7) is 5.60. The number of carbonyl (C=O) groups excluding carboxylic acids is 1. The highest BCUT2D eigenvalue weighted by atomic mass is 16.3. The second kappa shape index (κ2) is 4.09. The lowest BCUT2D eigenvalue weighted by Crippen LogP contribution is -2.25. The molecule has 0 saturated heterocycles. The zero-order valence-electron chi connectivity index (χ0n) is 4.22. The van der Waals surface area contributed by atoms with E-state index in [1.165, 1.54) is 0 Å². The fourth-order valence-electron chi connectivity index (χ4n) is 0.184. The molecule has 0 aliphatic rings. The summed E-state index contributed by atoms with van der Waals surface area (Å²) in [4.78, 5) is 12.9. The molecule has 0 atom stereocenters. The largest absolute Gasteiger partial charge is 0.387 e. The number of carbonyl (C=O) groups is 1. The third-order valence-electron chi connectivity index (χ3n) is 0.499. The maximum atomic E-state index is 10.1. The molecule has 0 aromatic carbocycles. The summed E-state index contributed by atoms with van der Waals surface area (Å²) in [5.74, 6) is -0.513. The molecular formula is C4H6N2O2. The van der Waals surface area contributed by atoms with Crippen molar-refractivity contribution < 1.29 is 9.90 Å². The Balaban J connectivity index is 3.15. The van der Waals surface area contributed by atoms with E-state index in [-0.39, 0.29) is 6.67 Å². The van der Waals surface area contributed by atoms with Gasteiger partial charge >= 0.3 is 0 Å². The molecule has 4 heteroatoms. The lowest BCUT2D eigenvalue weighted by molar-refractivity contribution is -0.123. The van der Waals surface area contributed by atoms with E-state index in [0.717, 1.165) is 0 Å². The van der Waals surface area contributed by atoms with Gasteiger partial charge in [0.1, 0.15) is 6.61 Å². The molecule has 0 bridgehead atoms. The van der Waals surface area contributed by atoms with Crippen LogP contribution >= 0.6 is 0 Å². The van der Waals surface area contributed by atoms with Gasteiger partial charge in [0.15, 0.2) is 0 Å². The summed E-state index contributed by atoms with van der Waals surface area (Å²) in [5.41, 5.74) is 0. The van der Waals surface area contributed by atoms with Crippen LogP contribution in [0.2, 0.25) is 0 Å². The fraction of sp³-hybridized carbons (Fsp3) is 0.500. The zero-order valence-corrected chi connectivity index (χ0v) is 4.22. The molecule has 44 valence electrons. The molecule has 8 heavy (non-hydrogen) atoms. The van der Waals surface area contributed by atoms with Crippen molar-refractivity contribution in [2.24, 2.45) is 0 Å². The third-order valence-corrected chi connectivity index (χ3v) is 0.499. The van der Waals surface area contributed by atoms with E-state index in [9.17, 15) is 4.79 Å². The first kappa shape index (κ1) is 6.92. The van der Waals surface area contributed by atoms with Crippen molar-refractivity contribution in [1.82, 2.24) is 5.32 Å². The first-order valence-corrected chi connectivity index (χ1v) is 2.02. The molecule has 0 spiro atoms. The van der Waals surface area contributed by atoms with Gasteiger partial charge in [-0.25, -0.2) is 6.57 Å². The SMILES string of the molecule is [C-]#[N+]CNC(=O)CO. The van der Waals surface area contributed by atoms with E-state index >= 15 is 0 Å². The van der Waals surface area contributed by atoms with Gasteiger partial charge in [-0.1, -0.05) is 0 Å². The van der Waals surface area contributed by atoms with Gasteiger partial charge in [0.2, 0.25) is 0 Å². The van der Waals surface area contributed by atoms with E-state index in [4.69, 9.17) is 11.7 Å². The van der Waals surface area contributed by atoms with Crippen molar-refractivity contribution in [2.45, 2.75) is 0 Å². The van der Waals surface area contributed by atoms with Gasteiger partial charge in [-0.15, -0.1) is 0 Å². The van der Waals surface area contributed by atoms with Gasteiger partial charge in [-0.3, -0.25) is 15.0 Å². The van der Waals surface area contributed by atoms with Crippen LogP contribution in [0.25, 0.3) is 4.85 Å². The molecule has 2 N–H and O–H groups in total. The Morgan fingerprint density at radius 3 is 2.88 bits per heavy atom. The summed E-state index contributed by atoms with van der Waals surface area (Å²) >= 11 is 0. The first-order chi connectivity index (χ1) is 3.81. The lowest BCUT2D eigenvalue weighted by atomic mass is 10.6. The number of rotatable bonds is 2. The number of nitrogens with one attached hydrogen (secondary N) is 1. The summed E-state index contributed by atoms with van der Waals surface area (Å²) in [6.07, 6.45) is 0. The van der Waals surface area contributed by atoms with Crippen LogP contribution in [0.3, 0.4) is 0 Å². The number of hydrogen-bond donors (Lipinski definition) is 2. The van der Waals surface area contributed by atoms with Crippen LogP contribution in [0.4, 0.5) is 0 Å². The summed E-state index contributed by atoms with van der Waals surface area (Å²) in [7, 11) is 0. The Labute approximate surface area is 46.9 Å². The van der Waals surface area contributed by atoms with Crippen molar-refractivity contribution in [3.63, 3.8) is 0 Å². The second-order valence-corrected chi connectivity index (χ2v) is 1.07. The Kier molecular flexibility index (Phi) is 3.54. The Hall–Kier alpha value is -1.08. The van der Waals surface area contributed by atoms with E-state index in [1.807, 2.05) is 0 Å². The molecule has 0 radical (unpaired) electrons. The van der Waals surface area contributed by atoms with Gasteiger partial charge in [0.05, 0.1) is 0 Å². The van der Waals surface area contributed by atoms with Crippen LogP contribution in [0.5, 0.6) is 0 Å². The van der Waals surface area contributed by atoms with E-state index < -0.39 is 12.5 Å². The molecule has 0 fully saturated rings. The average molecular weight is 114 g/mol. The quantitative estimate of drug-likeness (QED) is 0.451. The molecular weight excluding hydrogens is 108 g/mol. The molecule has 0 rings (SSSR count). The van der Waals surface area contributed by atoms with Gasteiger partial charge in [-0.05, 0) is 0 Å². The minimum Gasteiger partial charge on any atom is -0.387 e. The minimum absolute atomic E-state index is 0.0562. The molecule has 0 unspecified atom stereocenters. The van der Waals surface area contributed by atoms with Gasteiger partial charge in [0, 0.05) is 0 Å². The Morgan fingerprint density at radius 2 is 2.50 bits per heavy atom. The van der Waals surface area contributed by atoms with Crippen LogP contribution in [0.15, 0.2) is 0 Å². The van der Waals surface area contributed by atoms with Gasteiger partial charge in [0.25, 0.3) is 12.6 Å². The summed E-state index contributed by atoms with van der Waals surface area (Å²) < 4.78 is 0. The number of nitrogens with zero attached hydrogens (tertiary/aromatic N) is 1. The third kappa shape index (κ3) is 3.12. The molecule has 0 saturated carbocycles. The topological polar surface area (TPSA) is 53.7 Å². The fourth-order valence-corrected chi connectivity index (χ4v) is 0.184. The normalized spacial score (nSPS) is 7.50.